The molecule has 0 saturated heterocycles. The average Bonchev–Trinajstić information content (AvgIpc) is 2.68. The third kappa shape index (κ3) is 2.57. The van der Waals surface area contributed by atoms with Gasteiger partial charge in [0.1, 0.15) is 5.69 Å². The number of nitrogen functional groups attached to an aromatic ring is 1. The molecule has 0 bridgehead atoms. The quantitative estimate of drug-likeness (QED) is 0.592. The Morgan fingerprint density at radius 3 is 3.00 bits per heavy atom. The van der Waals surface area contributed by atoms with Gasteiger partial charge >= 0.3 is 0 Å². The summed E-state index contributed by atoms with van der Waals surface area (Å²) in [5.41, 5.74) is 7.65. The number of aliphatic hydroxyl groups is 1. The molecule has 5 heteroatoms. The summed E-state index contributed by atoms with van der Waals surface area (Å²) < 4.78 is 0. The molecule has 2 aromatic rings. The molecule has 0 aliphatic rings. The minimum atomic E-state index is -0.557. The van der Waals surface area contributed by atoms with Crippen molar-refractivity contribution in [2.45, 2.75) is 13.0 Å². The van der Waals surface area contributed by atoms with Gasteiger partial charge in [0.25, 0.3) is 5.91 Å². The van der Waals surface area contributed by atoms with Gasteiger partial charge in [-0.05, 0) is 31.2 Å². The Bertz CT molecular complexity index is 546. The molecule has 5 nitrogen and oxygen atoms in total. The monoisotopic (exact) mass is 233 g/mol. The first-order valence-electron chi connectivity index (χ1n) is 5.41. The molecule has 0 unspecified atom stereocenters. The average molecular weight is 233 g/mol. The molecular weight excluding hydrogens is 218 g/mol. The van der Waals surface area contributed by atoms with Crippen molar-refractivity contribution in [3.8, 4) is 0 Å². The lowest BCUT2D eigenvalue weighted by Crippen LogP contribution is -2.30. The number of nitrogens with two attached hydrogens (primary N) is 1. The van der Waals surface area contributed by atoms with Crippen LogP contribution in [-0.2, 0) is 0 Å². The highest BCUT2D eigenvalue weighted by molar-refractivity contribution is 5.98. The molecule has 0 aliphatic carbocycles. The maximum Gasteiger partial charge on any atom is 0.267 e. The third-order valence-corrected chi connectivity index (χ3v) is 2.45. The first-order valence-corrected chi connectivity index (χ1v) is 5.41. The van der Waals surface area contributed by atoms with Crippen molar-refractivity contribution in [2.24, 2.45) is 0 Å². The zero-order valence-electron chi connectivity index (χ0n) is 9.53. The van der Waals surface area contributed by atoms with Crippen molar-refractivity contribution in [1.82, 2.24) is 10.3 Å². The second-order valence-corrected chi connectivity index (χ2v) is 4.09. The number of carbonyl (C=O) groups excluding carboxylic acids is 1. The number of nitrogens with one attached hydrogen (secondary N) is 2. The highest BCUT2D eigenvalue weighted by Gasteiger charge is 2.09. The molecule has 2 rings (SSSR count). The molecule has 90 valence electrons. The number of fused-ring (bicyclic) bond motifs is 1. The standard InChI is InChI=1S/C12H15N3O2/c1-7(16)6-14-12(17)11-5-8-4-9(13)2-3-10(8)15-11/h2-5,7,15-16H,6,13H2,1H3,(H,14,17)/t7-/m1/s1. The van der Waals surface area contributed by atoms with Crippen LogP contribution in [0.3, 0.4) is 0 Å². The van der Waals surface area contributed by atoms with E-state index in [-0.39, 0.29) is 12.5 Å². The molecule has 0 fully saturated rings. The van der Waals surface area contributed by atoms with Crippen LogP contribution in [0.4, 0.5) is 5.69 Å². The molecule has 17 heavy (non-hydrogen) atoms. The van der Waals surface area contributed by atoms with Crippen molar-refractivity contribution in [3.05, 3.63) is 30.0 Å². The van der Waals surface area contributed by atoms with Crippen molar-refractivity contribution in [1.29, 1.82) is 0 Å². The van der Waals surface area contributed by atoms with Gasteiger partial charge in [-0.3, -0.25) is 4.79 Å². The number of hydrogen-bond donors (Lipinski definition) is 4. The van der Waals surface area contributed by atoms with Crippen LogP contribution in [0.15, 0.2) is 24.3 Å². The van der Waals surface area contributed by atoms with E-state index in [1.165, 1.54) is 0 Å². The number of carbonyl (C=O) groups is 1. The fraction of sp³-hybridized carbons (Fsp3) is 0.250. The van der Waals surface area contributed by atoms with Gasteiger partial charge in [-0.2, -0.15) is 0 Å². The second kappa shape index (κ2) is 4.47. The largest absolute Gasteiger partial charge is 0.399 e. The molecule has 1 aromatic heterocycles. The van der Waals surface area contributed by atoms with Gasteiger partial charge in [-0.15, -0.1) is 0 Å². The summed E-state index contributed by atoms with van der Waals surface area (Å²) in [6.45, 7) is 1.85. The van der Waals surface area contributed by atoms with Crippen molar-refractivity contribution in [2.75, 3.05) is 12.3 Å². The normalized spacial score (nSPS) is 12.6. The van der Waals surface area contributed by atoms with Crippen molar-refractivity contribution >= 4 is 22.5 Å². The highest BCUT2D eigenvalue weighted by Crippen LogP contribution is 2.18. The number of aromatic amines is 1. The van der Waals surface area contributed by atoms with Crippen LogP contribution in [0, 0.1) is 0 Å². The third-order valence-electron chi connectivity index (χ3n) is 2.45. The lowest BCUT2D eigenvalue weighted by molar-refractivity contribution is 0.0920. The van der Waals surface area contributed by atoms with Gasteiger partial charge in [-0.1, -0.05) is 0 Å². The predicted molar refractivity (Wildman–Crippen MR) is 66.7 cm³/mol. The van der Waals surface area contributed by atoms with Crippen LogP contribution >= 0.6 is 0 Å². The summed E-state index contributed by atoms with van der Waals surface area (Å²) in [4.78, 5) is 14.7. The topological polar surface area (TPSA) is 91.1 Å². The van der Waals surface area contributed by atoms with Crippen LogP contribution in [0.5, 0.6) is 0 Å². The van der Waals surface area contributed by atoms with E-state index in [4.69, 9.17) is 10.8 Å². The van der Waals surface area contributed by atoms with Crippen LogP contribution in [0.1, 0.15) is 17.4 Å². The zero-order valence-corrected chi connectivity index (χ0v) is 9.53. The van der Waals surface area contributed by atoms with E-state index in [9.17, 15) is 4.79 Å². The van der Waals surface area contributed by atoms with Gasteiger partial charge < -0.3 is 21.1 Å². The lowest BCUT2D eigenvalue weighted by atomic mass is 10.2. The molecule has 0 radical (unpaired) electrons. The number of hydrogen-bond acceptors (Lipinski definition) is 3. The summed E-state index contributed by atoms with van der Waals surface area (Å²) in [7, 11) is 0. The Labute approximate surface area is 98.6 Å². The molecule has 0 saturated carbocycles. The SMILES string of the molecule is C[C@@H](O)CNC(=O)c1cc2cc(N)ccc2[nH]1. The van der Waals surface area contributed by atoms with Crippen molar-refractivity contribution < 1.29 is 9.90 Å². The van der Waals surface area contributed by atoms with E-state index >= 15 is 0 Å². The van der Waals surface area contributed by atoms with E-state index in [1.807, 2.05) is 6.07 Å². The van der Waals surface area contributed by atoms with Crippen LogP contribution in [-0.4, -0.2) is 28.6 Å². The summed E-state index contributed by atoms with van der Waals surface area (Å²) in [6.07, 6.45) is -0.557. The summed E-state index contributed by atoms with van der Waals surface area (Å²) in [5.74, 6) is -0.235. The van der Waals surface area contributed by atoms with E-state index in [1.54, 1.807) is 25.1 Å². The van der Waals surface area contributed by atoms with Crippen molar-refractivity contribution in [3.63, 3.8) is 0 Å². The van der Waals surface area contributed by atoms with Gasteiger partial charge in [0.05, 0.1) is 6.10 Å². The van der Waals surface area contributed by atoms with E-state index < -0.39 is 6.10 Å². The summed E-state index contributed by atoms with van der Waals surface area (Å²) in [5, 5.41) is 12.6. The number of amides is 1. The predicted octanol–water partition coefficient (Wildman–Crippen LogP) is 0.861. The van der Waals surface area contributed by atoms with Crippen LogP contribution in [0.25, 0.3) is 10.9 Å². The van der Waals surface area contributed by atoms with Crippen LogP contribution < -0.4 is 11.1 Å². The minimum absolute atomic E-state index is 0.232. The van der Waals surface area contributed by atoms with Crippen LogP contribution in [0.2, 0.25) is 0 Å². The highest BCUT2D eigenvalue weighted by atomic mass is 16.3. The Hall–Kier alpha value is -2.01. The molecule has 5 N–H and O–H groups in total. The smallest absolute Gasteiger partial charge is 0.267 e. The minimum Gasteiger partial charge on any atom is -0.399 e. The number of H-pyrrole nitrogens is 1. The molecule has 0 spiro atoms. The van der Waals surface area contributed by atoms with Gasteiger partial charge in [0.2, 0.25) is 0 Å². The number of aromatic nitrogens is 1. The van der Waals surface area contributed by atoms with E-state index in [2.05, 4.69) is 10.3 Å². The fourth-order valence-corrected chi connectivity index (χ4v) is 1.61. The van der Waals surface area contributed by atoms with E-state index in [0.29, 0.717) is 11.4 Å². The number of rotatable bonds is 3. The summed E-state index contributed by atoms with van der Waals surface area (Å²) >= 11 is 0. The number of aliphatic hydroxyl groups excluding tert-OH is 1. The van der Waals surface area contributed by atoms with Gasteiger partial charge in [0.15, 0.2) is 0 Å². The Balaban J connectivity index is 2.21. The Kier molecular flexibility index (Phi) is 3.01. The number of benzene rings is 1. The first-order chi connectivity index (χ1) is 8.06. The molecular formula is C12H15N3O2. The molecule has 0 aliphatic heterocycles. The molecule has 1 amide bonds. The lowest BCUT2D eigenvalue weighted by Gasteiger charge is -2.05. The van der Waals surface area contributed by atoms with Gasteiger partial charge in [0, 0.05) is 23.1 Å². The maximum atomic E-state index is 11.7. The molecule has 1 heterocycles. The second-order valence-electron chi connectivity index (χ2n) is 4.09. The fourth-order valence-electron chi connectivity index (χ4n) is 1.61. The zero-order chi connectivity index (χ0) is 12.4. The first kappa shape index (κ1) is 11.5. The Morgan fingerprint density at radius 1 is 1.53 bits per heavy atom. The van der Waals surface area contributed by atoms with Gasteiger partial charge in [-0.25, -0.2) is 0 Å². The van der Waals surface area contributed by atoms with E-state index in [0.717, 1.165) is 10.9 Å². The molecule has 1 atom stereocenters. The summed E-state index contributed by atoms with van der Waals surface area (Å²) in [6, 6.07) is 7.15. The number of anilines is 1. The maximum absolute atomic E-state index is 11.7. The molecule has 1 aromatic carbocycles. The Morgan fingerprint density at radius 2 is 2.29 bits per heavy atom.